The van der Waals surface area contributed by atoms with Crippen molar-refractivity contribution in [3.05, 3.63) is 11.1 Å². The number of allylic oxidation sites excluding steroid dienone is 2. The zero-order chi connectivity index (χ0) is 26.5. The van der Waals surface area contributed by atoms with Crippen molar-refractivity contribution < 1.29 is 19.1 Å². The van der Waals surface area contributed by atoms with Crippen LogP contribution in [-0.2, 0) is 19.1 Å². The number of esters is 1. The maximum atomic E-state index is 13.3. The Morgan fingerprint density at radius 3 is 2.22 bits per heavy atom. The first-order chi connectivity index (χ1) is 16.7. The minimum absolute atomic E-state index is 0.00416. The summed E-state index contributed by atoms with van der Waals surface area (Å²) in [6, 6.07) is 0. The Labute approximate surface area is 218 Å². The quantitative estimate of drug-likeness (QED) is 0.309. The SMILES string of the molecule is CC(=O)O[C@H]1CC[C@@]2(C)[C@H](CC[C@]3(C)[C@@H]2CC[C@@H]2C4=C(C(C)C)C(=O)CC4(C=O)CC[C@]23C)C1(C)C. The molecule has 200 valence electrons. The van der Waals surface area contributed by atoms with E-state index >= 15 is 0 Å². The van der Waals surface area contributed by atoms with Crippen LogP contribution in [0.4, 0.5) is 0 Å². The van der Waals surface area contributed by atoms with Crippen molar-refractivity contribution in [1.29, 1.82) is 0 Å². The van der Waals surface area contributed by atoms with Gasteiger partial charge in [0.25, 0.3) is 0 Å². The van der Waals surface area contributed by atoms with Gasteiger partial charge in [0.2, 0.25) is 0 Å². The fraction of sp³-hybridized carbons (Fsp3) is 0.844. The molecule has 0 aromatic heterocycles. The molecule has 5 aliphatic carbocycles. The number of hydrogen-bond donors (Lipinski definition) is 0. The van der Waals surface area contributed by atoms with E-state index < -0.39 is 5.41 Å². The Hall–Kier alpha value is -1.45. The molecule has 0 aliphatic heterocycles. The van der Waals surface area contributed by atoms with E-state index in [1.54, 1.807) is 6.92 Å². The topological polar surface area (TPSA) is 60.4 Å². The highest BCUT2D eigenvalue weighted by Gasteiger charge is 2.70. The van der Waals surface area contributed by atoms with E-state index in [-0.39, 0.29) is 45.4 Å². The van der Waals surface area contributed by atoms with Gasteiger partial charge in [0, 0.05) is 18.8 Å². The predicted molar refractivity (Wildman–Crippen MR) is 141 cm³/mol. The Kier molecular flexibility index (Phi) is 5.83. The molecule has 4 saturated carbocycles. The van der Waals surface area contributed by atoms with Crippen LogP contribution in [0, 0.1) is 50.7 Å². The number of ether oxygens (including phenoxy) is 1. The van der Waals surface area contributed by atoms with Crippen LogP contribution < -0.4 is 0 Å². The first-order valence-corrected chi connectivity index (χ1v) is 14.6. The summed E-state index contributed by atoms with van der Waals surface area (Å²) >= 11 is 0. The number of carbonyl (C=O) groups is 3. The molecule has 4 heteroatoms. The highest BCUT2D eigenvalue weighted by Crippen LogP contribution is 2.76. The standard InChI is InChI=1S/C32H48O4/c1-19(2)26-22(35)17-32(18-33)16-15-30(7)21(27(26)32)9-10-24-29(6)13-12-25(36-20(3)34)28(4,5)23(29)11-14-31(24,30)8/h18-19,21,23-25H,9-17H2,1-8H3/t21-,23-,24-,25+,29+,30-,31-,32?/m1/s1. The normalized spacial score (nSPS) is 47.5. The Bertz CT molecular complexity index is 1020. The van der Waals surface area contributed by atoms with Crippen molar-refractivity contribution in [3.8, 4) is 0 Å². The molecule has 0 heterocycles. The van der Waals surface area contributed by atoms with E-state index in [0.717, 1.165) is 56.8 Å². The van der Waals surface area contributed by atoms with Crippen LogP contribution in [0.1, 0.15) is 113 Å². The van der Waals surface area contributed by atoms with Crippen LogP contribution in [0.5, 0.6) is 0 Å². The van der Waals surface area contributed by atoms with Gasteiger partial charge in [-0.3, -0.25) is 9.59 Å². The summed E-state index contributed by atoms with van der Waals surface area (Å²) in [5.74, 6) is 1.69. The largest absolute Gasteiger partial charge is 0.462 e. The van der Waals surface area contributed by atoms with E-state index in [1.807, 2.05) is 0 Å². The van der Waals surface area contributed by atoms with E-state index in [1.165, 1.54) is 12.0 Å². The molecule has 8 atom stereocenters. The van der Waals surface area contributed by atoms with E-state index in [4.69, 9.17) is 4.74 Å². The van der Waals surface area contributed by atoms with Crippen molar-refractivity contribution >= 4 is 18.0 Å². The van der Waals surface area contributed by atoms with Gasteiger partial charge < -0.3 is 9.53 Å². The second-order valence-corrected chi connectivity index (χ2v) is 14.9. The second kappa shape index (κ2) is 8.03. The summed E-state index contributed by atoms with van der Waals surface area (Å²) in [5, 5.41) is 0. The third-order valence-corrected chi connectivity index (χ3v) is 13.0. The van der Waals surface area contributed by atoms with Crippen molar-refractivity contribution in [1.82, 2.24) is 0 Å². The number of carbonyl (C=O) groups excluding carboxylic acids is 3. The molecule has 5 aliphatic rings. The fourth-order valence-electron chi connectivity index (χ4n) is 11.2. The van der Waals surface area contributed by atoms with Crippen LogP contribution in [0.2, 0.25) is 0 Å². The molecule has 5 rings (SSSR count). The van der Waals surface area contributed by atoms with E-state index in [9.17, 15) is 14.4 Å². The van der Waals surface area contributed by atoms with Crippen LogP contribution in [0.3, 0.4) is 0 Å². The van der Waals surface area contributed by atoms with Crippen molar-refractivity contribution in [2.45, 2.75) is 119 Å². The molecule has 36 heavy (non-hydrogen) atoms. The van der Waals surface area contributed by atoms with Gasteiger partial charge in [0.05, 0.1) is 5.41 Å². The van der Waals surface area contributed by atoms with Gasteiger partial charge in [-0.15, -0.1) is 0 Å². The average Bonchev–Trinajstić information content (AvgIpc) is 3.09. The highest BCUT2D eigenvalue weighted by molar-refractivity contribution is 6.03. The van der Waals surface area contributed by atoms with Gasteiger partial charge >= 0.3 is 5.97 Å². The summed E-state index contributed by atoms with van der Waals surface area (Å²) in [6.45, 7) is 18.1. The van der Waals surface area contributed by atoms with Gasteiger partial charge in [0.15, 0.2) is 5.78 Å². The van der Waals surface area contributed by atoms with Crippen molar-refractivity contribution in [2.75, 3.05) is 0 Å². The Balaban J connectivity index is 1.56. The maximum absolute atomic E-state index is 13.3. The summed E-state index contributed by atoms with van der Waals surface area (Å²) in [7, 11) is 0. The number of ketones is 1. The third-order valence-electron chi connectivity index (χ3n) is 13.0. The van der Waals surface area contributed by atoms with Crippen molar-refractivity contribution in [3.63, 3.8) is 0 Å². The minimum Gasteiger partial charge on any atom is -0.462 e. The van der Waals surface area contributed by atoms with Crippen LogP contribution in [0.15, 0.2) is 11.1 Å². The summed E-state index contributed by atoms with van der Waals surface area (Å²) in [4.78, 5) is 37.7. The molecular formula is C32H48O4. The van der Waals surface area contributed by atoms with E-state index in [0.29, 0.717) is 24.2 Å². The lowest BCUT2D eigenvalue weighted by Crippen LogP contribution is -2.65. The summed E-state index contributed by atoms with van der Waals surface area (Å²) in [5.41, 5.74) is 2.12. The third kappa shape index (κ3) is 3.14. The van der Waals surface area contributed by atoms with Crippen molar-refractivity contribution in [2.24, 2.45) is 50.7 Å². The molecule has 0 N–H and O–H groups in total. The molecule has 0 aromatic carbocycles. The lowest BCUT2D eigenvalue weighted by Gasteiger charge is -2.72. The first-order valence-electron chi connectivity index (χ1n) is 14.6. The molecular weight excluding hydrogens is 448 g/mol. The van der Waals surface area contributed by atoms with Gasteiger partial charge in [0.1, 0.15) is 12.4 Å². The van der Waals surface area contributed by atoms with Crippen LogP contribution in [0.25, 0.3) is 0 Å². The Morgan fingerprint density at radius 2 is 1.61 bits per heavy atom. The van der Waals surface area contributed by atoms with Gasteiger partial charge in [-0.1, -0.05) is 48.5 Å². The molecule has 0 amide bonds. The molecule has 0 bridgehead atoms. The van der Waals surface area contributed by atoms with Gasteiger partial charge in [-0.25, -0.2) is 0 Å². The molecule has 0 radical (unpaired) electrons. The number of fused-ring (bicyclic) bond motifs is 7. The highest BCUT2D eigenvalue weighted by atomic mass is 16.5. The predicted octanol–water partition coefficient (Wildman–Crippen LogP) is 7.10. The smallest absolute Gasteiger partial charge is 0.302 e. The number of Topliss-reactive ketones (excluding diaryl/α,β-unsaturated/α-hetero) is 1. The monoisotopic (exact) mass is 496 g/mol. The minimum atomic E-state index is -0.546. The van der Waals surface area contributed by atoms with E-state index in [2.05, 4.69) is 48.5 Å². The Morgan fingerprint density at radius 1 is 0.917 bits per heavy atom. The fourth-order valence-corrected chi connectivity index (χ4v) is 11.2. The second-order valence-electron chi connectivity index (χ2n) is 14.9. The summed E-state index contributed by atoms with van der Waals surface area (Å²) < 4.78 is 5.87. The maximum Gasteiger partial charge on any atom is 0.302 e. The zero-order valence-electron chi connectivity index (χ0n) is 24.0. The van der Waals surface area contributed by atoms with Gasteiger partial charge in [-0.2, -0.15) is 0 Å². The lowest BCUT2D eigenvalue weighted by molar-refractivity contribution is -0.232. The number of aldehydes is 1. The summed E-state index contributed by atoms with van der Waals surface area (Å²) in [6.07, 6.45) is 10.0. The zero-order valence-corrected chi connectivity index (χ0v) is 24.0. The first kappa shape index (κ1) is 26.2. The molecule has 0 aromatic rings. The molecule has 4 fully saturated rings. The lowest BCUT2D eigenvalue weighted by atomic mass is 9.33. The van der Waals surface area contributed by atoms with Gasteiger partial charge in [-0.05, 0) is 102 Å². The average molecular weight is 497 g/mol. The van der Waals surface area contributed by atoms with Crippen LogP contribution in [-0.4, -0.2) is 24.1 Å². The molecule has 1 unspecified atom stereocenters. The molecule has 0 spiro atoms. The number of hydrogen-bond acceptors (Lipinski definition) is 4. The molecule has 4 nitrogen and oxygen atoms in total. The number of rotatable bonds is 3. The molecule has 0 saturated heterocycles. The van der Waals surface area contributed by atoms with Crippen LogP contribution >= 0.6 is 0 Å².